The van der Waals surface area contributed by atoms with Crippen molar-refractivity contribution in [2.24, 2.45) is 0 Å². The van der Waals surface area contributed by atoms with Gasteiger partial charge in [0.1, 0.15) is 0 Å². The van der Waals surface area contributed by atoms with Gasteiger partial charge in [0.15, 0.2) is 17.3 Å². The van der Waals surface area contributed by atoms with Crippen LogP contribution in [-0.2, 0) is 0 Å². The maximum absolute atomic E-state index is 12.3. The van der Waals surface area contributed by atoms with Gasteiger partial charge < -0.3 is 4.90 Å². The van der Waals surface area contributed by atoms with Crippen molar-refractivity contribution in [3.8, 4) is 11.4 Å². The Bertz CT molecular complexity index is 1230. The fourth-order valence-electron chi connectivity index (χ4n) is 3.94. The first-order valence-corrected chi connectivity index (χ1v) is 10.6. The quantitative estimate of drug-likeness (QED) is 0.416. The molecule has 0 radical (unpaired) electrons. The first kappa shape index (κ1) is 18.2. The predicted octanol–water partition coefficient (Wildman–Crippen LogP) is 4.90. The average molecular weight is 450 g/mol. The van der Waals surface area contributed by atoms with Crippen molar-refractivity contribution in [1.29, 1.82) is 0 Å². The summed E-state index contributed by atoms with van der Waals surface area (Å²) in [6.07, 6.45) is 3.48. The number of carbonyl (C=O) groups excluding carboxylic acids is 1. The molecule has 0 N–H and O–H groups in total. The first-order chi connectivity index (χ1) is 14.1. The van der Waals surface area contributed by atoms with Gasteiger partial charge in [0.25, 0.3) is 0 Å². The Balaban J connectivity index is 1.85. The second-order valence-corrected chi connectivity index (χ2v) is 8.32. The van der Waals surface area contributed by atoms with Crippen molar-refractivity contribution in [2.75, 3.05) is 18.0 Å². The number of halogens is 1. The summed E-state index contributed by atoms with van der Waals surface area (Å²) in [5.74, 6) is 1.40. The van der Waals surface area contributed by atoms with Crippen LogP contribution in [0.2, 0.25) is 0 Å². The molecule has 0 amide bonds. The third-order valence-electron chi connectivity index (χ3n) is 5.37. The Morgan fingerprint density at radius 2 is 1.79 bits per heavy atom. The molecule has 1 aliphatic rings. The number of hydrogen-bond donors (Lipinski definition) is 0. The van der Waals surface area contributed by atoms with E-state index in [1.165, 1.54) is 6.42 Å². The molecule has 29 heavy (non-hydrogen) atoms. The summed E-state index contributed by atoms with van der Waals surface area (Å²) in [5, 5.41) is 5.63. The molecule has 0 atom stereocenters. The average Bonchev–Trinajstić information content (AvgIpc) is 3.20. The molecule has 0 bridgehead atoms. The van der Waals surface area contributed by atoms with Gasteiger partial charge in [-0.1, -0.05) is 46.3 Å². The Morgan fingerprint density at radius 1 is 1.03 bits per heavy atom. The summed E-state index contributed by atoms with van der Waals surface area (Å²) in [6.45, 7) is 3.44. The van der Waals surface area contributed by atoms with E-state index in [1.54, 1.807) is 6.92 Å². The SMILES string of the molecule is CC(=O)c1cc(Br)cc2c1nc(N1CCCCC1)n1nc(-c3ccccc3)nc21. The van der Waals surface area contributed by atoms with Crippen molar-refractivity contribution in [3.05, 3.63) is 52.5 Å². The van der Waals surface area contributed by atoms with Crippen LogP contribution < -0.4 is 4.90 Å². The summed E-state index contributed by atoms with van der Waals surface area (Å²) in [4.78, 5) is 24.4. The maximum Gasteiger partial charge on any atom is 0.229 e. The second kappa shape index (κ2) is 7.22. The molecule has 1 saturated heterocycles. The van der Waals surface area contributed by atoms with Gasteiger partial charge in [0.2, 0.25) is 5.95 Å². The highest BCUT2D eigenvalue weighted by Gasteiger charge is 2.22. The highest BCUT2D eigenvalue weighted by molar-refractivity contribution is 9.10. The van der Waals surface area contributed by atoms with Crippen molar-refractivity contribution >= 4 is 44.2 Å². The van der Waals surface area contributed by atoms with Crippen molar-refractivity contribution in [3.63, 3.8) is 0 Å². The zero-order chi connectivity index (χ0) is 20.0. The highest BCUT2D eigenvalue weighted by Crippen LogP contribution is 2.31. The van der Waals surface area contributed by atoms with Crippen LogP contribution >= 0.6 is 15.9 Å². The number of Topliss-reactive ketones (excluding diaryl/α,β-unsaturated/α-hetero) is 1. The van der Waals surface area contributed by atoms with Gasteiger partial charge in [0, 0.05) is 34.1 Å². The zero-order valence-electron chi connectivity index (χ0n) is 16.1. The van der Waals surface area contributed by atoms with Crippen LogP contribution in [0.4, 0.5) is 5.95 Å². The van der Waals surface area contributed by atoms with Crippen LogP contribution in [-0.4, -0.2) is 38.5 Å². The van der Waals surface area contributed by atoms with Gasteiger partial charge >= 0.3 is 0 Å². The molecule has 2 aromatic heterocycles. The topological polar surface area (TPSA) is 63.4 Å². The van der Waals surface area contributed by atoms with Crippen molar-refractivity contribution in [2.45, 2.75) is 26.2 Å². The maximum atomic E-state index is 12.3. The fourth-order valence-corrected chi connectivity index (χ4v) is 4.40. The Kier molecular flexibility index (Phi) is 4.54. The first-order valence-electron chi connectivity index (χ1n) is 9.83. The molecule has 0 spiro atoms. The van der Waals surface area contributed by atoms with Gasteiger partial charge in [-0.2, -0.15) is 4.52 Å². The van der Waals surface area contributed by atoms with Gasteiger partial charge in [-0.3, -0.25) is 4.79 Å². The normalized spacial score (nSPS) is 14.6. The number of ketones is 1. The highest BCUT2D eigenvalue weighted by atomic mass is 79.9. The van der Waals surface area contributed by atoms with E-state index >= 15 is 0 Å². The van der Waals surface area contributed by atoms with E-state index in [0.29, 0.717) is 16.9 Å². The number of anilines is 1. The zero-order valence-corrected chi connectivity index (χ0v) is 17.7. The lowest BCUT2D eigenvalue weighted by Gasteiger charge is -2.28. The molecule has 3 heterocycles. The number of fused-ring (bicyclic) bond motifs is 3. The summed E-state index contributed by atoms with van der Waals surface area (Å²) in [6, 6.07) is 13.7. The standard InChI is InChI=1S/C22H20BrN5O/c1-14(29)17-12-16(23)13-18-19(17)24-22(27-10-6-3-7-11-27)28-21(18)25-20(26-28)15-8-4-2-5-9-15/h2,4-5,8-9,12-13H,3,6-7,10-11H2,1H3. The predicted molar refractivity (Wildman–Crippen MR) is 117 cm³/mol. The van der Waals surface area contributed by atoms with Crippen LogP contribution in [0, 0.1) is 0 Å². The Morgan fingerprint density at radius 3 is 2.52 bits per heavy atom. The molecule has 6 nitrogen and oxygen atoms in total. The van der Waals surface area contributed by atoms with Crippen LogP contribution in [0.5, 0.6) is 0 Å². The molecule has 1 fully saturated rings. The number of rotatable bonds is 3. The van der Waals surface area contributed by atoms with Gasteiger partial charge in [0.05, 0.1) is 5.52 Å². The number of carbonyl (C=O) groups is 1. The van der Waals surface area contributed by atoms with E-state index in [2.05, 4.69) is 20.8 Å². The summed E-state index contributed by atoms with van der Waals surface area (Å²) >= 11 is 3.54. The largest absolute Gasteiger partial charge is 0.341 e. The van der Waals surface area contributed by atoms with Crippen LogP contribution in [0.25, 0.3) is 27.9 Å². The van der Waals surface area contributed by atoms with E-state index < -0.39 is 0 Å². The van der Waals surface area contributed by atoms with Gasteiger partial charge in [-0.15, -0.1) is 5.10 Å². The fraction of sp³-hybridized carbons (Fsp3) is 0.273. The van der Waals surface area contributed by atoms with Crippen LogP contribution in [0.15, 0.2) is 46.9 Å². The molecule has 0 saturated carbocycles. The third kappa shape index (κ3) is 3.19. The van der Waals surface area contributed by atoms with E-state index in [9.17, 15) is 4.79 Å². The minimum Gasteiger partial charge on any atom is -0.341 e. The number of benzene rings is 2. The number of nitrogens with zero attached hydrogens (tertiary/aromatic N) is 5. The Labute approximate surface area is 176 Å². The minimum absolute atomic E-state index is 0.0134. The molecule has 146 valence electrons. The smallest absolute Gasteiger partial charge is 0.229 e. The van der Waals surface area contributed by atoms with Crippen LogP contribution in [0.1, 0.15) is 36.5 Å². The lowest BCUT2D eigenvalue weighted by Crippen LogP contribution is -2.32. The van der Waals surface area contributed by atoms with E-state index in [4.69, 9.17) is 15.1 Å². The van der Waals surface area contributed by atoms with Crippen LogP contribution in [0.3, 0.4) is 0 Å². The lowest BCUT2D eigenvalue weighted by molar-refractivity contribution is 0.101. The molecule has 2 aromatic carbocycles. The summed E-state index contributed by atoms with van der Waals surface area (Å²) in [7, 11) is 0. The van der Waals surface area contributed by atoms with E-state index in [1.807, 2.05) is 47.0 Å². The lowest BCUT2D eigenvalue weighted by atomic mass is 10.1. The number of piperidine rings is 1. The Hall–Kier alpha value is -2.80. The molecule has 4 aromatic rings. The molecule has 0 aliphatic carbocycles. The second-order valence-electron chi connectivity index (χ2n) is 7.40. The van der Waals surface area contributed by atoms with E-state index in [-0.39, 0.29) is 5.78 Å². The molecular weight excluding hydrogens is 430 g/mol. The van der Waals surface area contributed by atoms with Crippen molar-refractivity contribution < 1.29 is 4.79 Å². The molecule has 1 aliphatic heterocycles. The molecule has 5 rings (SSSR count). The van der Waals surface area contributed by atoms with E-state index in [0.717, 1.165) is 52.9 Å². The monoisotopic (exact) mass is 449 g/mol. The number of hydrogen-bond acceptors (Lipinski definition) is 5. The van der Waals surface area contributed by atoms with Crippen molar-refractivity contribution in [1.82, 2.24) is 19.6 Å². The van der Waals surface area contributed by atoms with Gasteiger partial charge in [-0.25, -0.2) is 9.97 Å². The minimum atomic E-state index is -0.0134. The molecular formula is C22H20BrN5O. The number of aromatic nitrogens is 4. The van der Waals surface area contributed by atoms with Gasteiger partial charge in [-0.05, 0) is 38.3 Å². The molecule has 0 unspecified atom stereocenters. The third-order valence-corrected chi connectivity index (χ3v) is 5.83. The molecule has 7 heteroatoms. The summed E-state index contributed by atoms with van der Waals surface area (Å²) < 4.78 is 2.67. The summed E-state index contributed by atoms with van der Waals surface area (Å²) in [5.41, 5.74) is 2.95.